The minimum Gasteiger partial charge on any atom is -0.300 e. The SMILES string of the molecule is CCC(=O)CCC(C)(F)F. The Hall–Kier alpha value is -0.470. The lowest BCUT2D eigenvalue weighted by Crippen LogP contribution is -2.11. The highest BCUT2D eigenvalue weighted by Crippen LogP contribution is 2.18. The maximum Gasteiger partial charge on any atom is 0.245 e. The second kappa shape index (κ2) is 3.64. The zero-order chi connectivity index (χ0) is 8.20. The van der Waals surface area contributed by atoms with Gasteiger partial charge in [0.15, 0.2) is 0 Å². The summed E-state index contributed by atoms with van der Waals surface area (Å²) in [6.07, 6.45) is 0.0375. The molecule has 0 unspecified atom stereocenters. The van der Waals surface area contributed by atoms with Crippen molar-refractivity contribution in [2.24, 2.45) is 0 Å². The summed E-state index contributed by atoms with van der Waals surface area (Å²) in [6, 6.07) is 0. The Morgan fingerprint density at radius 2 is 2.00 bits per heavy atom. The second-order valence-electron chi connectivity index (χ2n) is 2.46. The number of ketones is 1. The van der Waals surface area contributed by atoms with Crippen molar-refractivity contribution < 1.29 is 13.6 Å². The lowest BCUT2D eigenvalue weighted by Gasteiger charge is -2.07. The van der Waals surface area contributed by atoms with Gasteiger partial charge in [-0.2, -0.15) is 0 Å². The van der Waals surface area contributed by atoms with Gasteiger partial charge in [-0.3, -0.25) is 4.79 Å². The number of Topliss-reactive ketones (excluding diaryl/α,β-unsaturated/α-hetero) is 1. The van der Waals surface area contributed by atoms with E-state index in [9.17, 15) is 13.6 Å². The van der Waals surface area contributed by atoms with E-state index >= 15 is 0 Å². The first-order chi connectivity index (χ1) is 4.45. The van der Waals surface area contributed by atoms with Crippen molar-refractivity contribution in [1.82, 2.24) is 0 Å². The van der Waals surface area contributed by atoms with Crippen molar-refractivity contribution in [3.8, 4) is 0 Å². The zero-order valence-corrected chi connectivity index (χ0v) is 6.29. The van der Waals surface area contributed by atoms with Gasteiger partial charge < -0.3 is 0 Å². The molecule has 0 radical (unpaired) electrons. The molecular formula is C7H12F2O. The summed E-state index contributed by atoms with van der Waals surface area (Å²) >= 11 is 0. The lowest BCUT2D eigenvalue weighted by molar-refractivity contribution is -0.120. The maximum atomic E-state index is 12.1. The molecule has 0 spiro atoms. The van der Waals surface area contributed by atoms with Crippen molar-refractivity contribution in [3.05, 3.63) is 0 Å². The third-order valence-electron chi connectivity index (χ3n) is 1.24. The van der Waals surface area contributed by atoms with Crippen LogP contribution in [0.4, 0.5) is 8.78 Å². The van der Waals surface area contributed by atoms with Crippen LogP contribution in [0.15, 0.2) is 0 Å². The monoisotopic (exact) mass is 150 g/mol. The van der Waals surface area contributed by atoms with Gasteiger partial charge in [0.05, 0.1) is 0 Å². The minimum atomic E-state index is -2.69. The highest BCUT2D eigenvalue weighted by Gasteiger charge is 2.21. The van der Waals surface area contributed by atoms with E-state index in [0.717, 1.165) is 6.92 Å². The third kappa shape index (κ3) is 5.66. The number of hydrogen-bond donors (Lipinski definition) is 0. The van der Waals surface area contributed by atoms with Crippen molar-refractivity contribution in [3.63, 3.8) is 0 Å². The molecule has 0 aromatic rings. The van der Waals surface area contributed by atoms with Gasteiger partial charge in [-0.05, 0) is 6.92 Å². The van der Waals surface area contributed by atoms with Crippen molar-refractivity contribution in [2.75, 3.05) is 0 Å². The topological polar surface area (TPSA) is 17.1 Å². The molecule has 3 heteroatoms. The lowest BCUT2D eigenvalue weighted by atomic mass is 10.1. The second-order valence-corrected chi connectivity index (χ2v) is 2.46. The van der Waals surface area contributed by atoms with E-state index in [1.165, 1.54) is 0 Å². The molecule has 0 aliphatic carbocycles. The summed E-state index contributed by atoms with van der Waals surface area (Å²) in [5, 5.41) is 0. The fraction of sp³-hybridized carbons (Fsp3) is 0.857. The minimum absolute atomic E-state index is 0. The Labute approximate surface area is 59.4 Å². The molecule has 0 bridgehead atoms. The highest BCUT2D eigenvalue weighted by molar-refractivity contribution is 5.77. The van der Waals surface area contributed by atoms with Crippen LogP contribution in [0.2, 0.25) is 0 Å². The van der Waals surface area contributed by atoms with Crippen LogP contribution in [-0.2, 0) is 4.79 Å². The quantitative estimate of drug-likeness (QED) is 0.601. The van der Waals surface area contributed by atoms with Crippen LogP contribution in [-0.4, -0.2) is 11.7 Å². The maximum absolute atomic E-state index is 12.1. The Morgan fingerprint density at radius 3 is 2.30 bits per heavy atom. The number of halogens is 2. The van der Waals surface area contributed by atoms with Crippen molar-refractivity contribution in [1.29, 1.82) is 0 Å². The van der Waals surface area contributed by atoms with E-state index in [4.69, 9.17) is 0 Å². The molecule has 0 aromatic carbocycles. The molecule has 0 aromatic heterocycles. The molecule has 0 heterocycles. The van der Waals surface area contributed by atoms with Gasteiger partial charge in [-0.1, -0.05) is 6.92 Å². The van der Waals surface area contributed by atoms with Crippen LogP contribution >= 0.6 is 0 Å². The molecule has 10 heavy (non-hydrogen) atoms. The van der Waals surface area contributed by atoms with Crippen LogP contribution in [0.5, 0.6) is 0 Å². The van der Waals surface area contributed by atoms with Gasteiger partial charge in [-0.25, -0.2) is 8.78 Å². The van der Waals surface area contributed by atoms with E-state index in [-0.39, 0.29) is 18.6 Å². The number of hydrogen-bond acceptors (Lipinski definition) is 1. The molecule has 0 N–H and O–H groups in total. The van der Waals surface area contributed by atoms with Crippen LogP contribution in [0.25, 0.3) is 0 Å². The van der Waals surface area contributed by atoms with Gasteiger partial charge in [0.2, 0.25) is 5.92 Å². The number of carbonyl (C=O) groups is 1. The normalized spacial score (nSPS) is 11.6. The average Bonchev–Trinajstić information content (AvgIpc) is 1.81. The summed E-state index contributed by atoms with van der Waals surface area (Å²) < 4.78 is 24.1. The number of carbonyl (C=O) groups excluding carboxylic acids is 1. The van der Waals surface area contributed by atoms with Gasteiger partial charge >= 0.3 is 0 Å². The summed E-state index contributed by atoms with van der Waals surface area (Å²) in [6.45, 7) is 2.51. The van der Waals surface area contributed by atoms with Crippen LogP contribution in [0, 0.1) is 0 Å². The molecule has 60 valence electrons. The molecule has 0 aliphatic heterocycles. The third-order valence-corrected chi connectivity index (χ3v) is 1.24. The Balaban J connectivity index is 3.46. The molecule has 1 nitrogen and oxygen atoms in total. The van der Waals surface area contributed by atoms with Crippen LogP contribution < -0.4 is 0 Å². The van der Waals surface area contributed by atoms with E-state index < -0.39 is 5.92 Å². The fourth-order valence-corrected chi connectivity index (χ4v) is 0.536. The Morgan fingerprint density at radius 1 is 1.50 bits per heavy atom. The molecular weight excluding hydrogens is 138 g/mol. The van der Waals surface area contributed by atoms with Gasteiger partial charge in [-0.15, -0.1) is 0 Å². The van der Waals surface area contributed by atoms with E-state index in [1.54, 1.807) is 6.92 Å². The van der Waals surface area contributed by atoms with E-state index in [0.29, 0.717) is 6.42 Å². The van der Waals surface area contributed by atoms with E-state index in [1.807, 2.05) is 0 Å². The molecule has 0 saturated carbocycles. The van der Waals surface area contributed by atoms with Crippen molar-refractivity contribution >= 4 is 5.78 Å². The molecule has 0 aliphatic rings. The van der Waals surface area contributed by atoms with Crippen molar-refractivity contribution in [2.45, 2.75) is 39.0 Å². The predicted molar refractivity (Wildman–Crippen MR) is 35.2 cm³/mol. The van der Waals surface area contributed by atoms with Gasteiger partial charge in [0, 0.05) is 19.3 Å². The largest absolute Gasteiger partial charge is 0.300 e. The first kappa shape index (κ1) is 9.53. The number of rotatable bonds is 4. The Bertz CT molecular complexity index is 115. The summed E-state index contributed by atoms with van der Waals surface area (Å²) in [5.74, 6) is -2.79. The van der Waals surface area contributed by atoms with Gasteiger partial charge in [0.1, 0.15) is 5.78 Å². The van der Waals surface area contributed by atoms with Crippen LogP contribution in [0.3, 0.4) is 0 Å². The molecule has 0 rings (SSSR count). The smallest absolute Gasteiger partial charge is 0.245 e. The first-order valence-electron chi connectivity index (χ1n) is 3.35. The van der Waals surface area contributed by atoms with E-state index in [2.05, 4.69) is 0 Å². The summed E-state index contributed by atoms with van der Waals surface area (Å²) in [7, 11) is 0. The fourth-order valence-electron chi connectivity index (χ4n) is 0.536. The van der Waals surface area contributed by atoms with Gasteiger partial charge in [0.25, 0.3) is 0 Å². The molecule has 0 saturated heterocycles. The average molecular weight is 150 g/mol. The molecule has 0 atom stereocenters. The predicted octanol–water partition coefficient (Wildman–Crippen LogP) is 2.40. The standard InChI is InChI=1S/C7H12F2O/c1-3-6(10)4-5-7(2,8)9/h3-5H2,1-2H3. The van der Waals surface area contributed by atoms with Crippen LogP contribution in [0.1, 0.15) is 33.1 Å². The molecule has 0 amide bonds. The Kier molecular flexibility index (Phi) is 3.47. The number of alkyl halides is 2. The highest BCUT2D eigenvalue weighted by atomic mass is 19.3. The first-order valence-corrected chi connectivity index (χ1v) is 3.35. The summed E-state index contributed by atoms with van der Waals surface area (Å²) in [5.41, 5.74) is 0. The summed E-state index contributed by atoms with van der Waals surface area (Å²) in [4.78, 5) is 10.5. The molecule has 0 fully saturated rings. The zero-order valence-electron chi connectivity index (χ0n) is 6.29.